The first-order valence-corrected chi connectivity index (χ1v) is 8.69. The van der Waals surface area contributed by atoms with Crippen LogP contribution in [0.3, 0.4) is 0 Å². The topological polar surface area (TPSA) is 63.1 Å². The van der Waals surface area contributed by atoms with Gasteiger partial charge in [-0.15, -0.1) is 0 Å². The standard InChI is InChI=1S/C20H27N3O2/c1-6-16-9-7-8-10-18(16)22-19(24)12-21-20(25)17-11-14(4)23(13(2)3)15(17)5/h7-11,13H,6,12H2,1-5H3,(H,21,25)(H,22,24). The van der Waals surface area contributed by atoms with Crippen molar-refractivity contribution in [2.24, 2.45) is 0 Å². The summed E-state index contributed by atoms with van der Waals surface area (Å²) in [6, 6.07) is 9.84. The Morgan fingerprint density at radius 1 is 1.16 bits per heavy atom. The number of nitrogens with one attached hydrogen (secondary N) is 2. The third-order valence-corrected chi connectivity index (χ3v) is 4.33. The molecule has 0 unspecified atom stereocenters. The molecular weight excluding hydrogens is 314 g/mol. The van der Waals surface area contributed by atoms with E-state index in [9.17, 15) is 9.59 Å². The second-order valence-electron chi connectivity index (χ2n) is 6.49. The van der Waals surface area contributed by atoms with Crippen molar-refractivity contribution in [2.75, 3.05) is 11.9 Å². The van der Waals surface area contributed by atoms with Gasteiger partial charge in [0.2, 0.25) is 5.91 Å². The van der Waals surface area contributed by atoms with Crippen LogP contribution < -0.4 is 10.6 Å². The first-order valence-electron chi connectivity index (χ1n) is 8.69. The zero-order chi connectivity index (χ0) is 18.6. The fourth-order valence-electron chi connectivity index (χ4n) is 3.20. The Bertz CT molecular complexity index is 775. The van der Waals surface area contributed by atoms with E-state index in [4.69, 9.17) is 0 Å². The van der Waals surface area contributed by atoms with Gasteiger partial charge >= 0.3 is 0 Å². The molecule has 1 aromatic heterocycles. The van der Waals surface area contributed by atoms with Crippen LogP contribution >= 0.6 is 0 Å². The molecule has 2 aromatic rings. The molecule has 25 heavy (non-hydrogen) atoms. The van der Waals surface area contributed by atoms with Crippen LogP contribution in [0.25, 0.3) is 0 Å². The van der Waals surface area contributed by atoms with Crippen LogP contribution in [0.2, 0.25) is 0 Å². The molecule has 2 rings (SSSR count). The number of anilines is 1. The molecule has 5 nitrogen and oxygen atoms in total. The Hall–Kier alpha value is -2.56. The first-order chi connectivity index (χ1) is 11.8. The number of aryl methyl sites for hydroxylation is 2. The molecule has 0 radical (unpaired) electrons. The third-order valence-electron chi connectivity index (χ3n) is 4.33. The zero-order valence-corrected chi connectivity index (χ0v) is 15.6. The quantitative estimate of drug-likeness (QED) is 0.843. The number of para-hydroxylation sites is 1. The Kier molecular flexibility index (Phi) is 6.02. The van der Waals surface area contributed by atoms with Crippen LogP contribution in [0.15, 0.2) is 30.3 Å². The predicted molar refractivity (Wildman–Crippen MR) is 101 cm³/mol. The van der Waals surface area contributed by atoms with Crippen molar-refractivity contribution in [3.05, 3.63) is 52.8 Å². The molecule has 0 aliphatic rings. The van der Waals surface area contributed by atoms with E-state index in [2.05, 4.69) is 29.0 Å². The molecule has 5 heteroatoms. The molecule has 0 saturated heterocycles. The average Bonchev–Trinajstić information content (AvgIpc) is 2.87. The number of carbonyl (C=O) groups excluding carboxylic acids is 2. The van der Waals surface area contributed by atoms with Gasteiger partial charge in [-0.2, -0.15) is 0 Å². The second-order valence-corrected chi connectivity index (χ2v) is 6.49. The molecule has 134 valence electrons. The van der Waals surface area contributed by atoms with Gasteiger partial charge in [0, 0.05) is 23.1 Å². The van der Waals surface area contributed by atoms with E-state index in [1.807, 2.05) is 51.1 Å². The normalized spacial score (nSPS) is 10.8. The summed E-state index contributed by atoms with van der Waals surface area (Å²) in [5.74, 6) is -0.453. The van der Waals surface area contributed by atoms with E-state index >= 15 is 0 Å². The summed E-state index contributed by atoms with van der Waals surface area (Å²) < 4.78 is 2.12. The number of aromatic nitrogens is 1. The molecular formula is C20H27N3O2. The van der Waals surface area contributed by atoms with Crippen LogP contribution in [-0.2, 0) is 11.2 Å². The van der Waals surface area contributed by atoms with Crippen molar-refractivity contribution in [2.45, 2.75) is 47.1 Å². The molecule has 0 fully saturated rings. The van der Waals surface area contributed by atoms with Gasteiger partial charge < -0.3 is 15.2 Å². The van der Waals surface area contributed by atoms with Crippen molar-refractivity contribution in [1.82, 2.24) is 9.88 Å². The van der Waals surface area contributed by atoms with Gasteiger partial charge in [0.1, 0.15) is 0 Å². The maximum Gasteiger partial charge on any atom is 0.253 e. The van der Waals surface area contributed by atoms with Crippen molar-refractivity contribution in [3.8, 4) is 0 Å². The number of benzene rings is 1. The monoisotopic (exact) mass is 341 g/mol. The summed E-state index contributed by atoms with van der Waals surface area (Å²) >= 11 is 0. The SMILES string of the molecule is CCc1ccccc1NC(=O)CNC(=O)c1cc(C)n(C(C)C)c1C. The molecule has 1 heterocycles. The smallest absolute Gasteiger partial charge is 0.253 e. The summed E-state index contributed by atoms with van der Waals surface area (Å²) in [5, 5.41) is 5.57. The van der Waals surface area contributed by atoms with Crippen LogP contribution in [0.1, 0.15) is 54.1 Å². The summed E-state index contributed by atoms with van der Waals surface area (Å²) in [6.07, 6.45) is 0.837. The molecule has 0 atom stereocenters. The van der Waals surface area contributed by atoms with Crippen molar-refractivity contribution < 1.29 is 9.59 Å². The molecule has 0 aliphatic heterocycles. The van der Waals surface area contributed by atoms with E-state index in [0.29, 0.717) is 5.56 Å². The molecule has 2 amide bonds. The van der Waals surface area contributed by atoms with Gasteiger partial charge in [-0.3, -0.25) is 9.59 Å². The molecule has 0 bridgehead atoms. The van der Waals surface area contributed by atoms with E-state index in [1.165, 1.54) is 0 Å². The van der Waals surface area contributed by atoms with Gasteiger partial charge in [0.15, 0.2) is 0 Å². The van der Waals surface area contributed by atoms with E-state index in [1.54, 1.807) is 0 Å². The third kappa shape index (κ3) is 4.29. The van der Waals surface area contributed by atoms with Crippen LogP contribution in [0.4, 0.5) is 5.69 Å². The van der Waals surface area contributed by atoms with Gasteiger partial charge in [-0.25, -0.2) is 0 Å². The lowest BCUT2D eigenvalue weighted by atomic mass is 10.1. The fraction of sp³-hybridized carbons (Fsp3) is 0.400. The summed E-state index contributed by atoms with van der Waals surface area (Å²) in [4.78, 5) is 24.6. The van der Waals surface area contributed by atoms with Crippen LogP contribution in [0.5, 0.6) is 0 Å². The average molecular weight is 341 g/mol. The second kappa shape index (κ2) is 8.01. The van der Waals surface area contributed by atoms with Crippen molar-refractivity contribution >= 4 is 17.5 Å². The highest BCUT2D eigenvalue weighted by molar-refractivity contribution is 6.00. The predicted octanol–water partition coefficient (Wildman–Crippen LogP) is 3.62. The van der Waals surface area contributed by atoms with Crippen molar-refractivity contribution in [1.29, 1.82) is 0 Å². The fourth-order valence-corrected chi connectivity index (χ4v) is 3.20. The van der Waals surface area contributed by atoms with Gasteiger partial charge in [-0.1, -0.05) is 25.1 Å². The minimum Gasteiger partial charge on any atom is -0.346 e. The molecule has 0 spiro atoms. The number of hydrogen-bond acceptors (Lipinski definition) is 2. The minimum atomic E-state index is -0.230. The molecule has 2 N–H and O–H groups in total. The highest BCUT2D eigenvalue weighted by atomic mass is 16.2. The minimum absolute atomic E-state index is 0.0533. The number of hydrogen-bond donors (Lipinski definition) is 2. The summed E-state index contributed by atoms with van der Waals surface area (Å²) in [5.41, 5.74) is 4.44. The van der Waals surface area contributed by atoms with Gasteiger partial charge in [0.05, 0.1) is 12.1 Å². The highest BCUT2D eigenvalue weighted by Crippen LogP contribution is 2.20. The number of nitrogens with zero attached hydrogens (tertiary/aromatic N) is 1. The lowest BCUT2D eigenvalue weighted by Gasteiger charge is -2.14. The summed E-state index contributed by atoms with van der Waals surface area (Å²) in [6.45, 7) is 10.1. The Morgan fingerprint density at radius 3 is 2.44 bits per heavy atom. The van der Waals surface area contributed by atoms with E-state index in [0.717, 1.165) is 29.1 Å². The van der Waals surface area contributed by atoms with E-state index < -0.39 is 0 Å². The molecule has 0 saturated carbocycles. The number of carbonyl (C=O) groups is 2. The molecule has 0 aliphatic carbocycles. The molecule has 1 aromatic carbocycles. The van der Waals surface area contributed by atoms with Crippen molar-refractivity contribution in [3.63, 3.8) is 0 Å². The van der Waals surface area contributed by atoms with Gasteiger partial charge in [0.25, 0.3) is 5.91 Å². The Labute approximate surface area is 149 Å². The summed E-state index contributed by atoms with van der Waals surface area (Å²) in [7, 11) is 0. The highest BCUT2D eigenvalue weighted by Gasteiger charge is 2.17. The maximum atomic E-state index is 12.4. The lowest BCUT2D eigenvalue weighted by Crippen LogP contribution is -2.33. The zero-order valence-electron chi connectivity index (χ0n) is 15.6. The Morgan fingerprint density at radius 2 is 1.84 bits per heavy atom. The largest absolute Gasteiger partial charge is 0.346 e. The lowest BCUT2D eigenvalue weighted by molar-refractivity contribution is -0.115. The van der Waals surface area contributed by atoms with Crippen LogP contribution in [0, 0.1) is 13.8 Å². The van der Waals surface area contributed by atoms with Crippen LogP contribution in [-0.4, -0.2) is 22.9 Å². The maximum absolute atomic E-state index is 12.4. The Balaban J connectivity index is 2.00. The number of rotatable bonds is 6. The van der Waals surface area contributed by atoms with E-state index in [-0.39, 0.29) is 24.4 Å². The number of amides is 2. The van der Waals surface area contributed by atoms with Gasteiger partial charge in [-0.05, 0) is 51.8 Å². The first kappa shape index (κ1) is 18.8.